The first-order valence-corrected chi connectivity index (χ1v) is 6.77. The quantitative estimate of drug-likeness (QED) is 0.815. The molecule has 0 aromatic heterocycles. The fourth-order valence-corrected chi connectivity index (χ4v) is 2.26. The topological polar surface area (TPSA) is 29.5 Å². The molecule has 2 aromatic rings. The summed E-state index contributed by atoms with van der Waals surface area (Å²) in [5, 5.41) is 10.4. The van der Waals surface area contributed by atoms with Crippen LogP contribution in [0.5, 0.6) is 5.75 Å². The van der Waals surface area contributed by atoms with Gasteiger partial charge in [-0.25, -0.2) is 8.78 Å². The highest BCUT2D eigenvalue weighted by Gasteiger charge is 2.20. The van der Waals surface area contributed by atoms with Gasteiger partial charge in [0.05, 0.1) is 12.1 Å². The van der Waals surface area contributed by atoms with E-state index in [1.54, 1.807) is 0 Å². The van der Waals surface area contributed by atoms with Gasteiger partial charge in [0.25, 0.3) is 0 Å². The number of benzene rings is 2. The third-order valence-electron chi connectivity index (χ3n) is 2.84. The van der Waals surface area contributed by atoms with E-state index in [1.807, 2.05) is 0 Å². The summed E-state index contributed by atoms with van der Waals surface area (Å²) >= 11 is 8.94. The molecule has 6 heteroatoms. The van der Waals surface area contributed by atoms with Crippen LogP contribution < -0.4 is 4.74 Å². The summed E-state index contributed by atoms with van der Waals surface area (Å²) in [6.07, 6.45) is -1.45. The number of ether oxygens (including phenoxy) is 1. The fourth-order valence-electron chi connectivity index (χ4n) is 1.77. The summed E-state index contributed by atoms with van der Waals surface area (Å²) < 4.78 is 33.0. The Labute approximate surface area is 128 Å². The summed E-state index contributed by atoms with van der Waals surface area (Å²) in [5.74, 6) is -1.05. The maximum Gasteiger partial charge on any atom is 0.133 e. The molecule has 0 saturated heterocycles. The monoisotopic (exact) mass is 362 g/mol. The minimum Gasteiger partial charge on any atom is -0.497 e. The molecule has 1 unspecified atom stereocenters. The lowest BCUT2D eigenvalue weighted by Crippen LogP contribution is -2.05. The van der Waals surface area contributed by atoms with E-state index >= 15 is 0 Å². The van der Waals surface area contributed by atoms with Crippen molar-refractivity contribution in [2.24, 2.45) is 0 Å². The molecule has 2 nitrogen and oxygen atoms in total. The summed E-state index contributed by atoms with van der Waals surface area (Å²) in [4.78, 5) is 0. The molecular weight excluding hydrogens is 354 g/mol. The number of rotatable bonds is 3. The van der Waals surface area contributed by atoms with Crippen molar-refractivity contribution in [1.82, 2.24) is 0 Å². The van der Waals surface area contributed by atoms with Crippen LogP contribution in [0.3, 0.4) is 0 Å². The lowest BCUT2D eigenvalue weighted by molar-refractivity contribution is 0.209. The standard InChI is InChI=1S/C14H10BrClF2O2/c1-20-7-2-3-8(12(17)4-7)14(19)9-5-11(16)10(15)6-13(9)18/h2-6,14,19H,1H3. The Kier molecular flexibility index (Phi) is 4.62. The van der Waals surface area contributed by atoms with Crippen molar-refractivity contribution in [3.05, 3.63) is 62.6 Å². The van der Waals surface area contributed by atoms with E-state index in [4.69, 9.17) is 16.3 Å². The number of aliphatic hydroxyl groups is 1. The molecule has 0 aliphatic heterocycles. The van der Waals surface area contributed by atoms with Gasteiger partial charge in [-0.2, -0.15) is 0 Å². The Morgan fingerprint density at radius 1 is 1.15 bits per heavy atom. The van der Waals surface area contributed by atoms with Gasteiger partial charge in [0, 0.05) is 21.7 Å². The molecule has 1 atom stereocenters. The largest absolute Gasteiger partial charge is 0.497 e. The fraction of sp³-hybridized carbons (Fsp3) is 0.143. The van der Waals surface area contributed by atoms with Gasteiger partial charge < -0.3 is 9.84 Å². The first kappa shape index (κ1) is 15.2. The van der Waals surface area contributed by atoms with E-state index < -0.39 is 17.7 Å². The van der Waals surface area contributed by atoms with E-state index in [2.05, 4.69) is 15.9 Å². The Morgan fingerprint density at radius 3 is 2.40 bits per heavy atom. The zero-order valence-electron chi connectivity index (χ0n) is 10.3. The first-order valence-electron chi connectivity index (χ1n) is 5.60. The van der Waals surface area contributed by atoms with E-state index in [9.17, 15) is 13.9 Å². The first-order chi connectivity index (χ1) is 9.43. The minimum absolute atomic E-state index is 0.0527. The van der Waals surface area contributed by atoms with Crippen molar-refractivity contribution in [3.63, 3.8) is 0 Å². The molecule has 0 saturated carbocycles. The highest BCUT2D eigenvalue weighted by atomic mass is 79.9. The average molecular weight is 364 g/mol. The van der Waals surface area contributed by atoms with Crippen LogP contribution in [-0.4, -0.2) is 12.2 Å². The van der Waals surface area contributed by atoms with Crippen molar-refractivity contribution in [2.45, 2.75) is 6.10 Å². The van der Waals surface area contributed by atoms with Crippen LogP contribution in [0, 0.1) is 11.6 Å². The summed E-state index contributed by atoms with van der Waals surface area (Å²) in [7, 11) is 1.40. The Bertz CT molecular complexity index is 649. The minimum atomic E-state index is -1.45. The molecule has 0 aliphatic rings. The van der Waals surface area contributed by atoms with Crippen molar-refractivity contribution >= 4 is 27.5 Å². The molecule has 0 heterocycles. The Morgan fingerprint density at radius 2 is 1.80 bits per heavy atom. The van der Waals surface area contributed by atoms with Crippen LogP contribution in [0.15, 0.2) is 34.8 Å². The van der Waals surface area contributed by atoms with Crippen LogP contribution in [0.4, 0.5) is 8.78 Å². The number of hydrogen-bond donors (Lipinski definition) is 1. The number of halogens is 4. The third-order valence-corrected chi connectivity index (χ3v) is 4.03. The van der Waals surface area contributed by atoms with Crippen molar-refractivity contribution < 1.29 is 18.6 Å². The maximum absolute atomic E-state index is 13.9. The number of aliphatic hydroxyl groups excluding tert-OH is 1. The maximum atomic E-state index is 13.9. The van der Waals surface area contributed by atoms with Gasteiger partial charge in [0.2, 0.25) is 0 Å². The molecule has 0 amide bonds. The van der Waals surface area contributed by atoms with Crippen LogP contribution in [-0.2, 0) is 0 Å². The second-order valence-corrected chi connectivity index (χ2v) is 5.34. The SMILES string of the molecule is COc1ccc(C(O)c2cc(Cl)c(Br)cc2F)c(F)c1. The molecule has 0 aliphatic carbocycles. The normalized spacial score (nSPS) is 12.3. The average Bonchev–Trinajstić information content (AvgIpc) is 2.42. The number of methoxy groups -OCH3 is 1. The van der Waals surface area contributed by atoms with E-state index in [1.165, 1.54) is 25.3 Å². The van der Waals surface area contributed by atoms with Gasteiger partial charge in [-0.1, -0.05) is 11.6 Å². The predicted octanol–water partition coefficient (Wildman–Crippen LogP) is 4.47. The molecule has 2 rings (SSSR count). The predicted molar refractivity (Wildman–Crippen MR) is 76.1 cm³/mol. The summed E-state index contributed by atoms with van der Waals surface area (Å²) in [5.41, 5.74) is -0.148. The Hall–Kier alpha value is -1.17. The van der Waals surface area contributed by atoms with Gasteiger partial charge >= 0.3 is 0 Å². The van der Waals surface area contributed by atoms with E-state index in [0.29, 0.717) is 10.2 Å². The molecule has 106 valence electrons. The second kappa shape index (κ2) is 6.08. The smallest absolute Gasteiger partial charge is 0.133 e. The zero-order valence-corrected chi connectivity index (χ0v) is 12.7. The molecular formula is C14H10BrClF2O2. The molecule has 20 heavy (non-hydrogen) atoms. The lowest BCUT2D eigenvalue weighted by atomic mass is 10.0. The highest BCUT2D eigenvalue weighted by Crippen LogP contribution is 2.33. The Balaban J connectivity index is 2.46. The lowest BCUT2D eigenvalue weighted by Gasteiger charge is -2.15. The molecule has 0 fully saturated rings. The van der Waals surface area contributed by atoms with Gasteiger partial charge in [-0.15, -0.1) is 0 Å². The van der Waals surface area contributed by atoms with Gasteiger partial charge in [-0.3, -0.25) is 0 Å². The summed E-state index contributed by atoms with van der Waals surface area (Å²) in [6, 6.07) is 6.34. The van der Waals surface area contributed by atoms with Gasteiger partial charge in [0.1, 0.15) is 23.5 Å². The second-order valence-electron chi connectivity index (χ2n) is 4.08. The molecule has 0 spiro atoms. The van der Waals surface area contributed by atoms with Gasteiger partial charge in [0.15, 0.2) is 0 Å². The van der Waals surface area contributed by atoms with Crippen LogP contribution >= 0.6 is 27.5 Å². The number of hydrogen-bond acceptors (Lipinski definition) is 2. The zero-order chi connectivity index (χ0) is 14.9. The molecule has 0 radical (unpaired) electrons. The van der Waals surface area contributed by atoms with Gasteiger partial charge in [-0.05, 0) is 40.2 Å². The van der Waals surface area contributed by atoms with Crippen LogP contribution in [0.1, 0.15) is 17.2 Å². The molecule has 0 bridgehead atoms. The van der Waals surface area contributed by atoms with Crippen LogP contribution in [0.25, 0.3) is 0 Å². The summed E-state index contributed by atoms with van der Waals surface area (Å²) in [6.45, 7) is 0. The van der Waals surface area contributed by atoms with Crippen molar-refractivity contribution in [2.75, 3.05) is 7.11 Å². The van der Waals surface area contributed by atoms with Crippen molar-refractivity contribution in [3.8, 4) is 5.75 Å². The molecule has 1 N–H and O–H groups in total. The van der Waals surface area contributed by atoms with Crippen LogP contribution in [0.2, 0.25) is 5.02 Å². The van der Waals surface area contributed by atoms with E-state index in [-0.39, 0.29) is 16.1 Å². The van der Waals surface area contributed by atoms with E-state index in [0.717, 1.165) is 12.1 Å². The molecule has 2 aromatic carbocycles. The van der Waals surface area contributed by atoms with Crippen molar-refractivity contribution in [1.29, 1.82) is 0 Å². The third kappa shape index (κ3) is 2.95. The highest BCUT2D eigenvalue weighted by molar-refractivity contribution is 9.10.